The van der Waals surface area contributed by atoms with Crippen molar-refractivity contribution in [2.75, 3.05) is 4.90 Å². The van der Waals surface area contributed by atoms with E-state index in [0.717, 1.165) is 17.1 Å². The zero-order chi connectivity index (χ0) is 33.7. The van der Waals surface area contributed by atoms with Crippen molar-refractivity contribution in [1.82, 2.24) is 0 Å². The minimum absolute atomic E-state index is 0.191. The van der Waals surface area contributed by atoms with E-state index >= 15 is 0 Å². The van der Waals surface area contributed by atoms with Crippen LogP contribution in [0.25, 0.3) is 55.3 Å². The number of anilines is 3. The highest BCUT2D eigenvalue weighted by Crippen LogP contribution is 2.56. The summed E-state index contributed by atoms with van der Waals surface area (Å²) in [5.41, 5.74) is 16.1. The van der Waals surface area contributed by atoms with Gasteiger partial charge in [-0.05, 0) is 109 Å². The van der Waals surface area contributed by atoms with E-state index in [1.165, 1.54) is 66.4 Å². The van der Waals surface area contributed by atoms with Gasteiger partial charge in [0.25, 0.3) is 0 Å². The highest BCUT2D eigenvalue weighted by molar-refractivity contribution is 6.05. The second-order valence-corrected chi connectivity index (χ2v) is 13.8. The summed E-state index contributed by atoms with van der Waals surface area (Å²) in [5, 5.41) is 2.61. The van der Waals surface area contributed by atoms with Gasteiger partial charge in [0.15, 0.2) is 0 Å². The Labute approximate surface area is 294 Å². The Morgan fingerprint density at radius 2 is 0.860 bits per heavy atom. The van der Waals surface area contributed by atoms with Crippen LogP contribution in [0.3, 0.4) is 0 Å². The number of para-hydroxylation sites is 1. The maximum atomic E-state index is 2.43. The van der Waals surface area contributed by atoms with Gasteiger partial charge in [0, 0.05) is 22.5 Å². The smallest absolute Gasteiger partial charge is 0.0465 e. The molecule has 8 aromatic rings. The van der Waals surface area contributed by atoms with E-state index in [4.69, 9.17) is 0 Å². The van der Waals surface area contributed by atoms with E-state index in [0.29, 0.717) is 0 Å². The van der Waals surface area contributed by atoms with Crippen molar-refractivity contribution < 1.29 is 0 Å². The molecule has 0 radical (unpaired) electrons. The summed E-state index contributed by atoms with van der Waals surface area (Å²) in [6, 6.07) is 68.4. The lowest BCUT2D eigenvalue weighted by atomic mass is 9.79. The van der Waals surface area contributed by atoms with Crippen LogP contribution >= 0.6 is 0 Å². The van der Waals surface area contributed by atoms with Crippen LogP contribution in [0.2, 0.25) is 0 Å². The van der Waals surface area contributed by atoms with Crippen molar-refractivity contribution in [2.24, 2.45) is 0 Å². The van der Waals surface area contributed by atoms with E-state index in [-0.39, 0.29) is 5.41 Å². The van der Waals surface area contributed by atoms with Crippen LogP contribution in [0, 0.1) is 0 Å². The largest absolute Gasteiger partial charge is 0.310 e. The van der Waals surface area contributed by atoms with Crippen molar-refractivity contribution in [3.05, 3.63) is 199 Å². The van der Waals surface area contributed by atoms with E-state index in [1.54, 1.807) is 0 Å². The molecule has 0 saturated carbocycles. The molecule has 0 aromatic heterocycles. The van der Waals surface area contributed by atoms with Crippen molar-refractivity contribution in [2.45, 2.75) is 19.3 Å². The average Bonchev–Trinajstić information content (AvgIpc) is 3.42. The first-order valence-corrected chi connectivity index (χ1v) is 17.4. The van der Waals surface area contributed by atoms with Crippen LogP contribution in [0.15, 0.2) is 188 Å². The Morgan fingerprint density at radius 3 is 1.50 bits per heavy atom. The minimum atomic E-state index is -0.191. The van der Waals surface area contributed by atoms with E-state index in [2.05, 4.69) is 207 Å². The molecule has 1 heteroatoms. The Balaban J connectivity index is 1.14. The van der Waals surface area contributed by atoms with Crippen LogP contribution < -0.4 is 4.90 Å². The molecular weight excluding hydrogens is 603 g/mol. The molecule has 1 aliphatic rings. The molecule has 0 atom stereocenters. The number of nitrogens with zero attached hydrogens (tertiary/aromatic N) is 1. The molecule has 0 unspecified atom stereocenters. The van der Waals surface area contributed by atoms with E-state index < -0.39 is 0 Å². The first-order valence-electron chi connectivity index (χ1n) is 17.4. The van der Waals surface area contributed by atoms with Crippen molar-refractivity contribution in [1.29, 1.82) is 0 Å². The summed E-state index contributed by atoms with van der Waals surface area (Å²) in [7, 11) is 0. The Kier molecular flexibility index (Phi) is 7.21. The number of benzene rings is 8. The third-order valence-corrected chi connectivity index (χ3v) is 10.4. The first-order chi connectivity index (χ1) is 24.6. The molecule has 0 bridgehead atoms. The molecule has 238 valence electrons. The van der Waals surface area contributed by atoms with Gasteiger partial charge in [-0.1, -0.05) is 159 Å². The zero-order valence-corrected chi connectivity index (χ0v) is 28.3. The summed E-state index contributed by atoms with van der Waals surface area (Å²) >= 11 is 0. The van der Waals surface area contributed by atoms with Gasteiger partial charge < -0.3 is 4.90 Å². The number of fused-ring (bicyclic) bond motifs is 5. The predicted molar refractivity (Wildman–Crippen MR) is 213 cm³/mol. The third-order valence-electron chi connectivity index (χ3n) is 10.4. The highest BCUT2D eigenvalue weighted by Gasteiger charge is 2.39. The molecule has 0 N–H and O–H groups in total. The molecule has 8 aromatic carbocycles. The summed E-state index contributed by atoms with van der Waals surface area (Å²) in [6.45, 7) is 4.79. The van der Waals surface area contributed by atoms with Crippen LogP contribution in [0.4, 0.5) is 17.1 Å². The van der Waals surface area contributed by atoms with Crippen LogP contribution in [-0.4, -0.2) is 0 Å². The van der Waals surface area contributed by atoms with Crippen molar-refractivity contribution >= 4 is 27.8 Å². The SMILES string of the molecule is CC1(C)c2cc(N(c3ccccc3)c3ccc(-c4ccc(-c5ccccc5)cc4)cc3)ccc2-c2c(-c3ccccc3)cc3ccccc3c21. The molecule has 0 fully saturated rings. The van der Waals surface area contributed by atoms with Gasteiger partial charge in [0.05, 0.1) is 0 Å². The molecular formula is C49H37N. The first kappa shape index (κ1) is 29.9. The summed E-state index contributed by atoms with van der Waals surface area (Å²) in [4.78, 5) is 2.39. The Morgan fingerprint density at radius 1 is 0.380 bits per heavy atom. The molecule has 1 aliphatic carbocycles. The van der Waals surface area contributed by atoms with Gasteiger partial charge in [-0.2, -0.15) is 0 Å². The van der Waals surface area contributed by atoms with E-state index in [1.807, 2.05) is 0 Å². The van der Waals surface area contributed by atoms with Gasteiger partial charge in [0.2, 0.25) is 0 Å². The number of hydrogen-bond donors (Lipinski definition) is 0. The van der Waals surface area contributed by atoms with Crippen LogP contribution in [0.1, 0.15) is 25.0 Å². The third kappa shape index (κ3) is 5.02. The summed E-state index contributed by atoms with van der Waals surface area (Å²) in [5.74, 6) is 0. The minimum Gasteiger partial charge on any atom is -0.310 e. The molecule has 0 saturated heterocycles. The van der Waals surface area contributed by atoms with Gasteiger partial charge in [0.1, 0.15) is 0 Å². The van der Waals surface area contributed by atoms with E-state index in [9.17, 15) is 0 Å². The van der Waals surface area contributed by atoms with Gasteiger partial charge in [-0.25, -0.2) is 0 Å². The standard InChI is InChI=1S/C49H37N/c1-49(2)46-33-42(30-31-44(46)47-45(38-16-8-4-9-17-38)32-39-18-12-13-21-43(39)48(47)49)50(40-19-10-5-11-20-40)41-28-26-37(27-29-41)36-24-22-35(23-25-36)34-14-6-3-7-15-34/h3-33H,1-2H3. The van der Waals surface area contributed by atoms with Gasteiger partial charge in [-0.3, -0.25) is 0 Å². The topological polar surface area (TPSA) is 3.24 Å². The van der Waals surface area contributed by atoms with Crippen LogP contribution in [-0.2, 0) is 5.41 Å². The molecule has 0 aliphatic heterocycles. The quantitative estimate of drug-likeness (QED) is 0.175. The van der Waals surface area contributed by atoms with Gasteiger partial charge >= 0.3 is 0 Å². The fourth-order valence-electron chi connectivity index (χ4n) is 7.98. The zero-order valence-electron chi connectivity index (χ0n) is 28.3. The summed E-state index contributed by atoms with van der Waals surface area (Å²) < 4.78 is 0. The maximum absolute atomic E-state index is 2.43. The molecule has 9 rings (SSSR count). The van der Waals surface area contributed by atoms with Gasteiger partial charge in [-0.15, -0.1) is 0 Å². The lowest BCUT2D eigenvalue weighted by Crippen LogP contribution is -2.17. The molecule has 0 amide bonds. The second-order valence-electron chi connectivity index (χ2n) is 13.8. The van der Waals surface area contributed by atoms with Crippen LogP contribution in [0.5, 0.6) is 0 Å². The maximum Gasteiger partial charge on any atom is 0.0465 e. The monoisotopic (exact) mass is 639 g/mol. The predicted octanol–water partition coefficient (Wildman–Crippen LogP) is 13.6. The Hall–Kier alpha value is -6.18. The normalized spacial score (nSPS) is 12.8. The van der Waals surface area contributed by atoms with Crippen molar-refractivity contribution in [3.63, 3.8) is 0 Å². The lowest BCUT2D eigenvalue weighted by Gasteiger charge is -2.28. The van der Waals surface area contributed by atoms with Crippen molar-refractivity contribution in [3.8, 4) is 44.5 Å². The molecule has 1 nitrogen and oxygen atoms in total. The number of hydrogen-bond acceptors (Lipinski definition) is 1. The Bertz CT molecular complexity index is 2460. The molecule has 50 heavy (non-hydrogen) atoms. The molecule has 0 heterocycles. The average molecular weight is 640 g/mol. The highest BCUT2D eigenvalue weighted by atomic mass is 15.1. The fraction of sp³-hybridized carbons (Fsp3) is 0.0612. The summed E-state index contributed by atoms with van der Waals surface area (Å²) in [6.07, 6.45) is 0. The number of rotatable bonds is 6. The lowest BCUT2D eigenvalue weighted by molar-refractivity contribution is 0.666. The second kappa shape index (κ2) is 12.1. The fourth-order valence-corrected chi connectivity index (χ4v) is 7.98. The molecule has 0 spiro atoms.